The van der Waals surface area contributed by atoms with E-state index in [1.165, 1.54) is 0 Å². The van der Waals surface area contributed by atoms with Gasteiger partial charge in [-0.05, 0) is 37.0 Å². The average Bonchev–Trinajstić information content (AvgIpc) is 2.93. The highest BCUT2D eigenvalue weighted by atomic mass is 16.2. The van der Waals surface area contributed by atoms with Crippen molar-refractivity contribution < 1.29 is 4.79 Å². The first-order valence-corrected chi connectivity index (χ1v) is 7.15. The van der Waals surface area contributed by atoms with Crippen LogP contribution in [0.25, 0.3) is 11.0 Å². The minimum atomic E-state index is 0.0727. The second kappa shape index (κ2) is 5.25. The number of nitrogens with zero attached hydrogens (tertiary/aromatic N) is 2. The number of nitrogens with two attached hydrogens (primary N) is 1. The molecule has 2 heterocycles. The van der Waals surface area contributed by atoms with E-state index in [0.717, 1.165) is 30.4 Å². The van der Waals surface area contributed by atoms with Crippen LogP contribution in [0, 0.1) is 5.92 Å². The molecular weight excluding hydrogens is 252 g/mol. The molecule has 3 rings (SSSR count). The van der Waals surface area contributed by atoms with Gasteiger partial charge in [0.25, 0.3) is 5.91 Å². The number of aromatic amines is 1. The zero-order valence-electron chi connectivity index (χ0n) is 11.7. The van der Waals surface area contributed by atoms with Crippen molar-refractivity contribution in [3.05, 3.63) is 30.1 Å². The molecule has 2 unspecified atom stereocenters. The van der Waals surface area contributed by atoms with Crippen LogP contribution in [-0.2, 0) is 0 Å². The van der Waals surface area contributed by atoms with Gasteiger partial charge in [-0.3, -0.25) is 4.79 Å². The van der Waals surface area contributed by atoms with Gasteiger partial charge < -0.3 is 15.6 Å². The number of amides is 1. The number of piperidine rings is 1. The fourth-order valence-corrected chi connectivity index (χ4v) is 3.10. The smallest absolute Gasteiger partial charge is 0.254 e. The van der Waals surface area contributed by atoms with Crippen LogP contribution in [0.1, 0.15) is 30.1 Å². The molecule has 1 aliphatic rings. The third kappa shape index (κ3) is 2.18. The Morgan fingerprint density at radius 1 is 1.55 bits per heavy atom. The largest absolute Gasteiger partial charge is 0.345 e. The average molecular weight is 272 g/mol. The van der Waals surface area contributed by atoms with Crippen LogP contribution in [0.2, 0.25) is 0 Å². The van der Waals surface area contributed by atoms with Crippen LogP contribution < -0.4 is 5.73 Å². The molecule has 3 N–H and O–H groups in total. The van der Waals surface area contributed by atoms with Gasteiger partial charge in [-0.15, -0.1) is 0 Å². The fourth-order valence-electron chi connectivity index (χ4n) is 3.10. The number of carbonyl (C=O) groups is 1. The molecule has 1 aromatic carbocycles. The molecule has 1 aromatic heterocycles. The highest BCUT2D eigenvalue weighted by Gasteiger charge is 2.31. The molecule has 20 heavy (non-hydrogen) atoms. The summed E-state index contributed by atoms with van der Waals surface area (Å²) < 4.78 is 0. The summed E-state index contributed by atoms with van der Waals surface area (Å²) in [6, 6.07) is 5.74. The van der Waals surface area contributed by atoms with E-state index in [-0.39, 0.29) is 11.9 Å². The van der Waals surface area contributed by atoms with E-state index in [1.807, 2.05) is 23.1 Å². The first kappa shape index (κ1) is 13.1. The molecule has 1 fully saturated rings. The number of rotatable bonds is 2. The predicted octanol–water partition coefficient (Wildman–Crippen LogP) is 1.76. The molecule has 0 radical (unpaired) electrons. The lowest BCUT2D eigenvalue weighted by molar-refractivity contribution is 0.0532. The topological polar surface area (TPSA) is 75.0 Å². The second-order valence-corrected chi connectivity index (χ2v) is 5.56. The summed E-state index contributed by atoms with van der Waals surface area (Å²) in [4.78, 5) is 21.9. The highest BCUT2D eigenvalue weighted by molar-refractivity contribution is 5.97. The number of imidazole rings is 1. The molecule has 0 spiro atoms. The molecular formula is C15H20N4O. The molecule has 0 bridgehead atoms. The van der Waals surface area contributed by atoms with Gasteiger partial charge in [0.15, 0.2) is 0 Å². The number of hydrogen-bond donors (Lipinski definition) is 2. The van der Waals surface area contributed by atoms with Gasteiger partial charge in [0, 0.05) is 24.7 Å². The third-order valence-corrected chi connectivity index (χ3v) is 4.29. The molecule has 0 saturated carbocycles. The van der Waals surface area contributed by atoms with Crippen molar-refractivity contribution in [1.82, 2.24) is 14.9 Å². The summed E-state index contributed by atoms with van der Waals surface area (Å²) in [7, 11) is 0. The zero-order chi connectivity index (χ0) is 14.1. The maximum atomic E-state index is 12.7. The molecule has 2 atom stereocenters. The predicted molar refractivity (Wildman–Crippen MR) is 78.4 cm³/mol. The molecule has 1 amide bonds. The lowest BCUT2D eigenvalue weighted by atomic mass is 9.90. The van der Waals surface area contributed by atoms with Crippen LogP contribution in [0.3, 0.4) is 0 Å². The molecule has 2 aromatic rings. The molecule has 0 aliphatic carbocycles. The van der Waals surface area contributed by atoms with Crippen LogP contribution in [0.5, 0.6) is 0 Å². The van der Waals surface area contributed by atoms with Crippen molar-refractivity contribution in [3.8, 4) is 0 Å². The van der Waals surface area contributed by atoms with E-state index in [2.05, 4.69) is 16.9 Å². The zero-order valence-corrected chi connectivity index (χ0v) is 11.7. The van der Waals surface area contributed by atoms with Gasteiger partial charge in [0.2, 0.25) is 0 Å². The standard InChI is InChI=1S/C15H20N4O/c1-10-3-2-6-19(14(10)8-16)15(20)11-4-5-12-13(7-11)18-9-17-12/h4-5,7,9-10,14H,2-3,6,8,16H2,1H3,(H,17,18). The van der Waals surface area contributed by atoms with Gasteiger partial charge in [-0.25, -0.2) is 4.98 Å². The maximum Gasteiger partial charge on any atom is 0.254 e. The Kier molecular flexibility index (Phi) is 3.44. The highest BCUT2D eigenvalue weighted by Crippen LogP contribution is 2.25. The second-order valence-electron chi connectivity index (χ2n) is 5.56. The summed E-state index contributed by atoms with van der Waals surface area (Å²) in [5.74, 6) is 0.539. The van der Waals surface area contributed by atoms with Gasteiger partial charge in [-0.2, -0.15) is 0 Å². The lowest BCUT2D eigenvalue weighted by Crippen LogP contribution is -2.51. The number of nitrogens with one attached hydrogen (secondary N) is 1. The van der Waals surface area contributed by atoms with Crippen molar-refractivity contribution in [2.24, 2.45) is 11.7 Å². The number of aromatic nitrogens is 2. The van der Waals surface area contributed by atoms with E-state index in [0.29, 0.717) is 18.0 Å². The van der Waals surface area contributed by atoms with Gasteiger partial charge in [-0.1, -0.05) is 6.92 Å². The number of hydrogen-bond acceptors (Lipinski definition) is 3. The summed E-state index contributed by atoms with van der Waals surface area (Å²) in [5.41, 5.74) is 8.34. The lowest BCUT2D eigenvalue weighted by Gasteiger charge is -2.39. The number of H-pyrrole nitrogens is 1. The van der Waals surface area contributed by atoms with E-state index in [4.69, 9.17) is 5.73 Å². The summed E-state index contributed by atoms with van der Waals surface area (Å²) in [6.45, 7) is 3.50. The van der Waals surface area contributed by atoms with Crippen molar-refractivity contribution in [2.75, 3.05) is 13.1 Å². The van der Waals surface area contributed by atoms with E-state index in [9.17, 15) is 4.79 Å². The van der Waals surface area contributed by atoms with Crippen LogP contribution >= 0.6 is 0 Å². The van der Waals surface area contributed by atoms with Gasteiger partial charge in [0.1, 0.15) is 0 Å². The summed E-state index contributed by atoms with van der Waals surface area (Å²) >= 11 is 0. The van der Waals surface area contributed by atoms with Gasteiger partial charge in [0.05, 0.1) is 17.4 Å². The van der Waals surface area contributed by atoms with Crippen LogP contribution in [-0.4, -0.2) is 39.9 Å². The molecule has 1 saturated heterocycles. The Balaban J connectivity index is 1.90. The van der Waals surface area contributed by atoms with Crippen molar-refractivity contribution in [1.29, 1.82) is 0 Å². The normalized spacial score (nSPS) is 23.2. The SMILES string of the molecule is CC1CCCN(C(=O)c2ccc3nc[nH]c3c2)C1CN. The van der Waals surface area contributed by atoms with Crippen molar-refractivity contribution in [3.63, 3.8) is 0 Å². The first-order valence-electron chi connectivity index (χ1n) is 7.15. The van der Waals surface area contributed by atoms with Crippen molar-refractivity contribution >= 4 is 16.9 Å². The first-order chi connectivity index (χ1) is 9.70. The van der Waals surface area contributed by atoms with E-state index < -0.39 is 0 Å². The van der Waals surface area contributed by atoms with Crippen LogP contribution in [0.4, 0.5) is 0 Å². The monoisotopic (exact) mass is 272 g/mol. The van der Waals surface area contributed by atoms with E-state index >= 15 is 0 Å². The molecule has 5 heteroatoms. The maximum absolute atomic E-state index is 12.7. The molecule has 106 valence electrons. The number of fused-ring (bicyclic) bond motifs is 1. The van der Waals surface area contributed by atoms with Gasteiger partial charge >= 0.3 is 0 Å². The Morgan fingerprint density at radius 2 is 2.40 bits per heavy atom. The van der Waals surface area contributed by atoms with Crippen LogP contribution in [0.15, 0.2) is 24.5 Å². The number of likely N-dealkylation sites (tertiary alicyclic amines) is 1. The number of carbonyl (C=O) groups excluding carboxylic acids is 1. The Bertz CT molecular complexity index is 621. The van der Waals surface area contributed by atoms with Crippen molar-refractivity contribution in [2.45, 2.75) is 25.8 Å². The molecule has 5 nitrogen and oxygen atoms in total. The fraction of sp³-hybridized carbons (Fsp3) is 0.467. The Morgan fingerprint density at radius 3 is 3.20 bits per heavy atom. The Hall–Kier alpha value is -1.88. The summed E-state index contributed by atoms with van der Waals surface area (Å²) in [5, 5.41) is 0. The number of benzene rings is 1. The third-order valence-electron chi connectivity index (χ3n) is 4.29. The quantitative estimate of drug-likeness (QED) is 0.874. The van der Waals surface area contributed by atoms with E-state index in [1.54, 1.807) is 6.33 Å². The minimum absolute atomic E-state index is 0.0727. The molecule has 1 aliphatic heterocycles. The minimum Gasteiger partial charge on any atom is -0.345 e. The summed E-state index contributed by atoms with van der Waals surface area (Å²) in [6.07, 6.45) is 3.84. The Labute approximate surface area is 118 Å².